The number of hydrogen-bond donors (Lipinski definition) is 0. The molecule has 0 aliphatic rings. The van der Waals surface area contributed by atoms with E-state index >= 15 is 0 Å². The molecule has 0 spiro atoms. The van der Waals surface area contributed by atoms with E-state index in [1.807, 2.05) is 0 Å². The van der Waals surface area contributed by atoms with Gasteiger partial charge in [0.1, 0.15) is 0 Å². The van der Waals surface area contributed by atoms with Crippen molar-refractivity contribution in [1.29, 1.82) is 5.26 Å². The number of unbranched alkanes of at least 4 members (excludes halogenated alkanes) is 13. The Morgan fingerprint density at radius 1 is 0.619 bits per heavy atom. The Morgan fingerprint density at radius 3 is 1.48 bits per heavy atom. The second-order valence-electron chi connectivity index (χ2n) is 6.25. The van der Waals surface area contributed by atoms with Gasteiger partial charge in [0, 0.05) is 6.42 Å². The Bertz CT molecular complexity index is 222. The van der Waals surface area contributed by atoms with Gasteiger partial charge < -0.3 is 0 Å². The van der Waals surface area contributed by atoms with Crippen LogP contribution in [0.4, 0.5) is 0 Å². The van der Waals surface area contributed by atoms with Gasteiger partial charge in [-0.15, -0.1) is 8.58 Å². The zero-order chi connectivity index (χ0) is 15.4. The van der Waals surface area contributed by atoms with Crippen LogP contribution in [0.2, 0.25) is 0 Å². The molecular weight excluding hydrogens is 273 g/mol. The molecule has 1 atom stereocenters. The number of hydrogen-bond acceptors (Lipinski definition) is 1. The first-order valence-corrected chi connectivity index (χ1v) is 10.9. The quantitative estimate of drug-likeness (QED) is 0.208. The first-order valence-electron chi connectivity index (χ1n) is 9.49. The molecule has 21 heavy (non-hydrogen) atoms. The molecule has 0 aliphatic carbocycles. The summed E-state index contributed by atoms with van der Waals surface area (Å²) >= 11 is 0. The number of rotatable bonds is 17. The average molecular weight is 311 g/mol. The summed E-state index contributed by atoms with van der Waals surface area (Å²) in [4.78, 5) is 0. The predicted molar refractivity (Wildman–Crippen MR) is 98.6 cm³/mol. The summed E-state index contributed by atoms with van der Waals surface area (Å²) in [5, 5.41) is 8.45. The maximum atomic E-state index is 8.45. The molecule has 0 amide bonds. The summed E-state index contributed by atoms with van der Waals surface area (Å²) in [5.41, 5.74) is 0. The Balaban J connectivity index is 2.92. The summed E-state index contributed by atoms with van der Waals surface area (Å²) in [6, 6.07) is 2.23. The monoisotopic (exact) mass is 311 g/mol. The summed E-state index contributed by atoms with van der Waals surface area (Å²) in [7, 11) is 1.03. The van der Waals surface area contributed by atoms with Gasteiger partial charge in [-0.3, -0.25) is 0 Å². The van der Waals surface area contributed by atoms with Gasteiger partial charge in [0.2, 0.25) is 0 Å². The molecule has 0 aromatic carbocycles. The third kappa shape index (κ3) is 19.9. The van der Waals surface area contributed by atoms with Crippen molar-refractivity contribution in [3.8, 4) is 6.07 Å². The lowest BCUT2D eigenvalue weighted by Crippen LogP contribution is -1.84. The van der Waals surface area contributed by atoms with Crippen molar-refractivity contribution in [1.82, 2.24) is 0 Å². The molecule has 0 saturated heterocycles. The first-order chi connectivity index (χ1) is 10.4. The fourth-order valence-corrected chi connectivity index (χ4v) is 3.75. The minimum atomic E-state index is 0.761. The highest BCUT2D eigenvalue weighted by atomic mass is 31.1. The van der Waals surface area contributed by atoms with Gasteiger partial charge in [-0.05, 0) is 18.7 Å². The van der Waals surface area contributed by atoms with Crippen molar-refractivity contribution in [2.75, 3.05) is 12.3 Å². The van der Waals surface area contributed by atoms with Crippen LogP contribution in [0.15, 0.2) is 0 Å². The van der Waals surface area contributed by atoms with Gasteiger partial charge in [0.05, 0.1) is 6.07 Å². The highest BCUT2D eigenvalue weighted by molar-refractivity contribution is 7.37. The minimum absolute atomic E-state index is 0.761. The molecule has 0 bridgehead atoms. The topological polar surface area (TPSA) is 23.8 Å². The lowest BCUT2D eigenvalue weighted by molar-refractivity contribution is 0.538. The van der Waals surface area contributed by atoms with E-state index in [4.69, 9.17) is 5.26 Å². The van der Waals surface area contributed by atoms with E-state index in [2.05, 4.69) is 13.0 Å². The zero-order valence-corrected chi connectivity index (χ0v) is 15.5. The summed E-state index contributed by atoms with van der Waals surface area (Å²) in [6.07, 6.45) is 23.4. The van der Waals surface area contributed by atoms with Gasteiger partial charge in [0.25, 0.3) is 0 Å². The third-order valence-corrected chi connectivity index (χ3v) is 5.43. The van der Waals surface area contributed by atoms with Gasteiger partial charge in [-0.2, -0.15) is 5.26 Å². The first kappa shape index (κ1) is 20.9. The van der Waals surface area contributed by atoms with Crippen molar-refractivity contribution in [2.45, 2.75) is 103 Å². The van der Waals surface area contributed by atoms with Crippen LogP contribution in [0, 0.1) is 11.3 Å². The van der Waals surface area contributed by atoms with Gasteiger partial charge in [0.15, 0.2) is 0 Å². The van der Waals surface area contributed by atoms with Gasteiger partial charge >= 0.3 is 0 Å². The molecule has 0 radical (unpaired) electrons. The van der Waals surface area contributed by atoms with Crippen LogP contribution in [0.3, 0.4) is 0 Å². The largest absolute Gasteiger partial charge is 0.198 e. The van der Waals surface area contributed by atoms with Crippen LogP contribution in [0.25, 0.3) is 0 Å². The molecule has 0 aromatic heterocycles. The molecule has 0 aromatic rings. The third-order valence-electron chi connectivity index (χ3n) is 4.12. The lowest BCUT2D eigenvalue weighted by atomic mass is 10.0. The average Bonchev–Trinajstić information content (AvgIpc) is 2.50. The molecule has 0 heterocycles. The predicted octanol–water partition coefficient (Wildman–Crippen LogP) is 7.06. The maximum absolute atomic E-state index is 8.45. The second-order valence-corrected chi connectivity index (χ2v) is 7.75. The highest BCUT2D eigenvalue weighted by Gasteiger charge is 1.94. The van der Waals surface area contributed by atoms with E-state index in [1.54, 1.807) is 0 Å². The van der Waals surface area contributed by atoms with Crippen molar-refractivity contribution in [2.24, 2.45) is 0 Å². The van der Waals surface area contributed by atoms with Crippen molar-refractivity contribution < 1.29 is 0 Å². The molecule has 1 nitrogen and oxygen atoms in total. The Labute approximate surface area is 136 Å². The molecule has 0 rings (SSSR count). The summed E-state index contributed by atoms with van der Waals surface area (Å²) < 4.78 is 0. The van der Waals surface area contributed by atoms with Crippen LogP contribution >= 0.6 is 8.58 Å². The van der Waals surface area contributed by atoms with E-state index in [0.29, 0.717) is 0 Å². The van der Waals surface area contributed by atoms with E-state index in [9.17, 15) is 0 Å². The van der Waals surface area contributed by atoms with Crippen molar-refractivity contribution in [3.05, 3.63) is 0 Å². The van der Waals surface area contributed by atoms with Crippen LogP contribution < -0.4 is 0 Å². The van der Waals surface area contributed by atoms with E-state index < -0.39 is 0 Å². The fraction of sp³-hybridized carbons (Fsp3) is 0.947. The molecular formula is C19H38NP. The molecule has 124 valence electrons. The molecule has 2 heteroatoms. The normalized spacial score (nSPS) is 11.2. The lowest BCUT2D eigenvalue weighted by Gasteiger charge is -2.03. The summed E-state index contributed by atoms with van der Waals surface area (Å²) in [6.45, 7) is 2.29. The molecule has 0 N–H and O–H groups in total. The fourth-order valence-electron chi connectivity index (χ4n) is 2.71. The summed E-state index contributed by atoms with van der Waals surface area (Å²) in [5.74, 6) is 0. The van der Waals surface area contributed by atoms with E-state index in [-0.39, 0.29) is 0 Å². The molecule has 0 fully saturated rings. The Morgan fingerprint density at radius 2 is 1.05 bits per heavy atom. The van der Waals surface area contributed by atoms with Gasteiger partial charge in [-0.1, -0.05) is 90.4 Å². The number of nitrogens with zero attached hydrogens (tertiary/aromatic N) is 1. The van der Waals surface area contributed by atoms with E-state index in [1.165, 1.54) is 96.1 Å². The van der Waals surface area contributed by atoms with Crippen LogP contribution in [-0.4, -0.2) is 12.3 Å². The Hall–Kier alpha value is -0.0800. The molecule has 0 saturated carbocycles. The molecule has 0 aliphatic heterocycles. The van der Waals surface area contributed by atoms with Crippen LogP contribution in [-0.2, 0) is 0 Å². The maximum Gasteiger partial charge on any atom is 0.0625 e. The smallest absolute Gasteiger partial charge is 0.0625 e. The molecule has 1 unspecified atom stereocenters. The van der Waals surface area contributed by atoms with Crippen LogP contribution in [0.1, 0.15) is 103 Å². The SMILES string of the molecule is CCCCCCCCCCCCCCCCPCCC#N. The number of nitriles is 1. The Kier molecular flexibility index (Phi) is 19.8. The minimum Gasteiger partial charge on any atom is -0.198 e. The van der Waals surface area contributed by atoms with Crippen LogP contribution in [0.5, 0.6) is 0 Å². The van der Waals surface area contributed by atoms with Crippen molar-refractivity contribution >= 4 is 8.58 Å². The standard InChI is InChI=1S/C19H38NP/c1-2-3-4-5-6-7-8-9-10-11-12-13-14-15-18-21-19-16-17-20/h21H,2-16,18-19H2,1H3. The zero-order valence-electron chi connectivity index (χ0n) is 14.5. The highest BCUT2D eigenvalue weighted by Crippen LogP contribution is 2.16. The van der Waals surface area contributed by atoms with Gasteiger partial charge in [-0.25, -0.2) is 0 Å². The second kappa shape index (κ2) is 19.9. The van der Waals surface area contributed by atoms with Crippen molar-refractivity contribution in [3.63, 3.8) is 0 Å². The van der Waals surface area contributed by atoms with E-state index in [0.717, 1.165) is 21.2 Å².